The molecule has 3 aliphatic heterocycles. The monoisotopic (exact) mass is 1260 g/mol. The average Bonchev–Trinajstić information content (AvgIpc) is 2.00. The van der Waals surface area contributed by atoms with Crippen molar-refractivity contribution in [3.05, 3.63) is 131 Å². The van der Waals surface area contributed by atoms with Crippen LogP contribution < -0.4 is 16.0 Å². The lowest BCUT2D eigenvalue weighted by atomic mass is 9.96. The summed E-state index contributed by atoms with van der Waals surface area (Å²) >= 11 is 1.17. The molecule has 89 heavy (non-hydrogen) atoms. The number of nitrogens with two attached hydrogens (primary N) is 1. The molecule has 1 unspecified atom stereocenters. The summed E-state index contributed by atoms with van der Waals surface area (Å²) in [7, 11) is 1.46. The van der Waals surface area contributed by atoms with Gasteiger partial charge in [-0.1, -0.05) is 85.8 Å². The molecule has 3 N–H and O–H groups in total. The van der Waals surface area contributed by atoms with E-state index in [0.29, 0.717) is 148 Å². The maximum Gasteiger partial charge on any atom is 0.415 e. The van der Waals surface area contributed by atoms with Gasteiger partial charge in [0.2, 0.25) is 11.9 Å². The Morgan fingerprint density at radius 2 is 1.37 bits per heavy atom. The van der Waals surface area contributed by atoms with Crippen molar-refractivity contribution in [2.45, 2.75) is 62.6 Å². The van der Waals surface area contributed by atoms with E-state index in [0.717, 1.165) is 59.8 Å². The van der Waals surface area contributed by atoms with Gasteiger partial charge in [-0.2, -0.15) is 15.1 Å². The number of anilines is 2. The zero-order valence-electron chi connectivity index (χ0n) is 51.2. The number of hydroxylamine groups is 2. The lowest BCUT2D eigenvalue weighted by molar-refractivity contribution is -0.128. The molecule has 4 aromatic rings. The Balaban J connectivity index is 0.593. The summed E-state index contributed by atoms with van der Waals surface area (Å²) < 4.78 is 79.6. The number of thioether (sulfide) groups is 1. The van der Waals surface area contributed by atoms with Crippen molar-refractivity contribution in [1.82, 2.24) is 29.8 Å². The third-order valence-corrected chi connectivity index (χ3v) is 16.7. The predicted octanol–water partition coefficient (Wildman–Crippen LogP) is 7.67. The van der Waals surface area contributed by atoms with Crippen LogP contribution in [0.3, 0.4) is 0 Å². The number of benzene rings is 3. The molecule has 1 aliphatic carbocycles. The van der Waals surface area contributed by atoms with Gasteiger partial charge in [0.1, 0.15) is 34.0 Å². The number of hydrazone groups is 1. The number of rotatable bonds is 41. The van der Waals surface area contributed by atoms with E-state index in [4.69, 9.17) is 58.2 Å². The normalized spacial score (nSPS) is 17.5. The van der Waals surface area contributed by atoms with Crippen LogP contribution in [-0.4, -0.2) is 212 Å². The minimum atomic E-state index is -1.09. The summed E-state index contributed by atoms with van der Waals surface area (Å²) in [4.78, 5) is 58.8. The number of nitrogens with zero attached hydrogens (tertiary/aromatic N) is 8. The second-order valence-electron chi connectivity index (χ2n) is 21.5. The lowest BCUT2D eigenvalue weighted by Gasteiger charge is -2.39. The largest absolute Gasteiger partial charge is 0.444 e. The number of urea groups is 1. The first-order valence-corrected chi connectivity index (χ1v) is 31.4. The van der Waals surface area contributed by atoms with E-state index in [9.17, 15) is 23.2 Å². The molecule has 0 spiro atoms. The summed E-state index contributed by atoms with van der Waals surface area (Å²) in [6.45, 7) is 15.3. The van der Waals surface area contributed by atoms with Gasteiger partial charge in [0, 0.05) is 51.0 Å². The highest BCUT2D eigenvalue weighted by molar-refractivity contribution is 8.15. The van der Waals surface area contributed by atoms with Crippen molar-refractivity contribution < 1.29 is 70.6 Å². The average molecular weight is 1260 g/mol. The highest BCUT2D eigenvalue weighted by atomic mass is 32.2. The number of ether oxygens (including phenoxy) is 9. The van der Waals surface area contributed by atoms with Crippen molar-refractivity contribution in [2.75, 3.05) is 169 Å². The summed E-state index contributed by atoms with van der Waals surface area (Å²) in [6, 6.07) is 20.8. The Morgan fingerprint density at radius 3 is 1.94 bits per heavy atom. The van der Waals surface area contributed by atoms with Crippen molar-refractivity contribution in [1.29, 1.82) is 0 Å². The molecule has 486 valence electrons. The number of nitrogens with one attached hydrogen (secondary N) is 1. The fourth-order valence-corrected chi connectivity index (χ4v) is 11.7. The number of fused-ring (bicyclic) bond motifs is 1. The molecule has 2 fully saturated rings. The van der Waals surface area contributed by atoms with Gasteiger partial charge in [-0.25, -0.2) is 28.4 Å². The highest BCUT2D eigenvalue weighted by Gasteiger charge is 2.50. The van der Waals surface area contributed by atoms with Gasteiger partial charge in [-0.15, -0.1) is 0 Å². The molecule has 4 heterocycles. The standard InChI is InChI=1S/C63H86F2N10O13S/c1-4-57(76)73-23-21-72(22-24-73)56(43-48-11-12-48)50-15-13-49(14-16-50)47(2)68-60-67-45-51-46-87-62(78)74(58(51)69-60)25-26-79-27-28-80-29-30-81-31-32-82-33-34-83-35-36-84-37-38-85-39-40-86-41-42-88-71(3)61(77)75-63(19-8-20-66,52-9-6-5-7-10-52)89-59(70-75)54-44-53(64)17-18-55(54)65/h4-7,9-10,13-18,44-45,47-48,56H,1,8,11-12,19-43,46,66H2,2-3H3,(H,67,68,69)/t47-,56-,63?/m0/s1. The Kier molecular flexibility index (Phi) is 28.2. The van der Waals surface area contributed by atoms with Crippen LogP contribution in [-0.2, 0) is 63.7 Å². The minimum absolute atomic E-state index is 0.00367. The van der Waals surface area contributed by atoms with Crippen LogP contribution >= 0.6 is 11.8 Å². The fourth-order valence-electron chi connectivity index (χ4n) is 10.2. The van der Waals surface area contributed by atoms with Gasteiger partial charge in [0.25, 0.3) is 0 Å². The molecule has 1 aromatic heterocycles. The first kappa shape index (κ1) is 68.6. The van der Waals surface area contributed by atoms with E-state index in [-0.39, 0.29) is 55.5 Å². The Morgan fingerprint density at radius 1 is 0.798 bits per heavy atom. The molecule has 8 rings (SSSR count). The van der Waals surface area contributed by atoms with Gasteiger partial charge >= 0.3 is 12.1 Å². The third kappa shape index (κ3) is 20.9. The molecule has 3 aromatic carbocycles. The van der Waals surface area contributed by atoms with Crippen LogP contribution in [0.5, 0.6) is 0 Å². The van der Waals surface area contributed by atoms with E-state index in [1.54, 1.807) is 6.20 Å². The fraction of sp³-hybridized carbons (Fsp3) is 0.556. The van der Waals surface area contributed by atoms with Gasteiger partial charge in [-0.3, -0.25) is 19.4 Å². The zero-order valence-corrected chi connectivity index (χ0v) is 52.0. The highest BCUT2D eigenvalue weighted by Crippen LogP contribution is 2.51. The number of carbonyl (C=O) groups excluding carboxylic acids is 3. The number of carbonyl (C=O) groups is 3. The number of piperazine rings is 1. The third-order valence-electron chi connectivity index (χ3n) is 15.3. The molecule has 4 aliphatic rings. The Bertz CT molecular complexity index is 2860. The molecule has 3 atom stereocenters. The van der Waals surface area contributed by atoms with Crippen molar-refractivity contribution in [3.63, 3.8) is 0 Å². The van der Waals surface area contributed by atoms with E-state index in [1.165, 1.54) is 53.2 Å². The second kappa shape index (κ2) is 36.5. The van der Waals surface area contributed by atoms with Crippen LogP contribution in [0.25, 0.3) is 0 Å². The molecule has 1 saturated heterocycles. The minimum Gasteiger partial charge on any atom is -0.444 e. The maximum absolute atomic E-state index is 15.0. The molecule has 1 saturated carbocycles. The molecule has 23 nitrogen and oxygen atoms in total. The number of hydrogen-bond acceptors (Lipinski definition) is 20. The summed E-state index contributed by atoms with van der Waals surface area (Å²) in [5.74, 6) is 0.365. The van der Waals surface area contributed by atoms with E-state index >= 15 is 0 Å². The molecule has 0 radical (unpaired) electrons. The van der Waals surface area contributed by atoms with Crippen LogP contribution in [0.15, 0.2) is 96.7 Å². The topological polar surface area (TPSA) is 236 Å². The zero-order chi connectivity index (χ0) is 62.6. The van der Waals surface area contributed by atoms with E-state index < -0.39 is 28.6 Å². The van der Waals surface area contributed by atoms with Gasteiger partial charge < -0.3 is 58.6 Å². The number of halogens is 2. The molecule has 4 amide bonds. The first-order chi connectivity index (χ1) is 43.5. The molecular weight excluding hydrogens is 1170 g/mol. The summed E-state index contributed by atoms with van der Waals surface area (Å²) in [5, 5.41) is 10.4. The van der Waals surface area contributed by atoms with Crippen LogP contribution in [0.4, 0.5) is 30.1 Å². The van der Waals surface area contributed by atoms with Crippen LogP contribution in [0, 0.1) is 17.6 Å². The molecular formula is C63H86F2N10O13S. The summed E-state index contributed by atoms with van der Waals surface area (Å²) in [6.07, 6.45) is 7.20. The quantitative estimate of drug-likeness (QED) is 0.0246. The van der Waals surface area contributed by atoms with E-state index in [2.05, 4.69) is 58.1 Å². The Hall–Kier alpha value is -6.27. The SMILES string of the molecule is C=CC(=O)N1CCN([C@@H](CC2CC2)c2ccc([C@H](C)Nc3ncc4c(n3)N(CCOCCOCCOCCOCCOCCOCCOCCOCCON(C)C(=O)N3N=C(c5cc(F)ccc5F)SC3(CCCN)c3ccccc3)C(=O)OC4)cc2)CC1. The number of amides is 4. The molecule has 0 bridgehead atoms. The van der Waals surface area contributed by atoms with Gasteiger partial charge in [-0.05, 0) is 79.6 Å². The lowest BCUT2D eigenvalue weighted by Crippen LogP contribution is -2.49. The first-order valence-electron chi connectivity index (χ1n) is 30.6. The predicted molar refractivity (Wildman–Crippen MR) is 331 cm³/mol. The second-order valence-corrected chi connectivity index (χ2v) is 22.8. The van der Waals surface area contributed by atoms with Crippen LogP contribution in [0.2, 0.25) is 0 Å². The maximum atomic E-state index is 15.0. The van der Waals surface area contributed by atoms with Crippen LogP contribution in [0.1, 0.15) is 78.9 Å². The Labute approximate surface area is 524 Å². The van der Waals surface area contributed by atoms with Crippen molar-refractivity contribution in [2.24, 2.45) is 16.8 Å². The number of cyclic esters (lactones) is 1. The van der Waals surface area contributed by atoms with Crippen molar-refractivity contribution >= 4 is 46.6 Å². The smallest absolute Gasteiger partial charge is 0.415 e. The van der Waals surface area contributed by atoms with Gasteiger partial charge in [0.05, 0.1) is 130 Å². The van der Waals surface area contributed by atoms with Crippen molar-refractivity contribution in [3.8, 4) is 0 Å². The van der Waals surface area contributed by atoms with Gasteiger partial charge in [0.15, 0.2) is 0 Å². The number of hydrogen-bond donors (Lipinski definition) is 2. The van der Waals surface area contributed by atoms with E-state index in [1.807, 2.05) is 35.2 Å². The molecule has 26 heteroatoms. The summed E-state index contributed by atoms with van der Waals surface area (Å²) in [5.41, 5.74) is 9.69. The number of aromatic nitrogens is 2.